The number of aromatic nitrogens is 2. The van der Waals surface area contributed by atoms with Crippen molar-refractivity contribution in [2.75, 3.05) is 5.32 Å². The highest BCUT2D eigenvalue weighted by atomic mass is 16.4. The van der Waals surface area contributed by atoms with Crippen LogP contribution in [-0.2, 0) is 11.3 Å². The van der Waals surface area contributed by atoms with E-state index < -0.39 is 12.0 Å². The summed E-state index contributed by atoms with van der Waals surface area (Å²) in [6, 6.07) is -0.794. The van der Waals surface area contributed by atoms with Crippen LogP contribution in [0.1, 0.15) is 33.6 Å². The van der Waals surface area contributed by atoms with Crippen molar-refractivity contribution in [3.63, 3.8) is 0 Å². The Labute approximate surface area is 112 Å². The van der Waals surface area contributed by atoms with Crippen LogP contribution in [-0.4, -0.2) is 26.7 Å². The van der Waals surface area contributed by atoms with E-state index in [-0.39, 0.29) is 17.3 Å². The van der Waals surface area contributed by atoms with Gasteiger partial charge in [0.2, 0.25) is 0 Å². The Balaban J connectivity index is 2.93. The van der Waals surface area contributed by atoms with Gasteiger partial charge < -0.3 is 15.0 Å². The summed E-state index contributed by atoms with van der Waals surface area (Å²) in [5.74, 6) is -0.653. The van der Waals surface area contributed by atoms with Crippen LogP contribution < -0.4 is 10.9 Å². The van der Waals surface area contributed by atoms with Gasteiger partial charge in [-0.1, -0.05) is 20.8 Å². The number of rotatable bonds is 7. The summed E-state index contributed by atoms with van der Waals surface area (Å²) in [5.41, 5.74) is -0.278. The van der Waals surface area contributed by atoms with Gasteiger partial charge in [-0.3, -0.25) is 4.79 Å². The summed E-state index contributed by atoms with van der Waals surface area (Å²) in [7, 11) is 0. The second kappa shape index (κ2) is 6.92. The molecule has 106 valence electrons. The summed E-state index contributed by atoms with van der Waals surface area (Å²) < 4.78 is 1.53. The number of carboxylic acids is 1. The van der Waals surface area contributed by atoms with Crippen LogP contribution in [0.25, 0.3) is 0 Å². The first-order valence-corrected chi connectivity index (χ1v) is 6.50. The van der Waals surface area contributed by atoms with Crippen molar-refractivity contribution in [1.82, 2.24) is 9.55 Å². The number of nitrogens with zero attached hydrogens (tertiary/aromatic N) is 2. The lowest BCUT2D eigenvalue weighted by Gasteiger charge is -2.17. The molecule has 0 amide bonds. The maximum Gasteiger partial charge on any atom is 0.326 e. The number of aliphatic carboxylic acids is 1. The molecule has 2 N–H and O–H groups in total. The van der Waals surface area contributed by atoms with Crippen molar-refractivity contribution < 1.29 is 9.90 Å². The van der Waals surface area contributed by atoms with E-state index in [1.54, 1.807) is 6.20 Å². The van der Waals surface area contributed by atoms with Gasteiger partial charge in [-0.25, -0.2) is 9.78 Å². The van der Waals surface area contributed by atoms with Crippen LogP contribution >= 0.6 is 0 Å². The third kappa shape index (κ3) is 4.39. The zero-order chi connectivity index (χ0) is 14.4. The van der Waals surface area contributed by atoms with E-state index in [0.717, 1.165) is 6.42 Å². The second-order valence-electron chi connectivity index (χ2n) is 4.94. The van der Waals surface area contributed by atoms with Gasteiger partial charge in [-0.2, -0.15) is 0 Å². The van der Waals surface area contributed by atoms with Gasteiger partial charge in [0.25, 0.3) is 5.56 Å². The topological polar surface area (TPSA) is 84.2 Å². The van der Waals surface area contributed by atoms with Crippen molar-refractivity contribution in [3.8, 4) is 0 Å². The van der Waals surface area contributed by atoms with Crippen LogP contribution in [0.15, 0.2) is 17.2 Å². The highest BCUT2D eigenvalue weighted by Gasteiger charge is 2.20. The van der Waals surface area contributed by atoms with Crippen molar-refractivity contribution in [3.05, 3.63) is 22.7 Å². The molecule has 0 bridgehead atoms. The van der Waals surface area contributed by atoms with Crippen LogP contribution in [0, 0.1) is 5.92 Å². The summed E-state index contributed by atoms with van der Waals surface area (Å²) >= 11 is 0. The number of carboxylic acid groups (broad SMARTS) is 1. The van der Waals surface area contributed by atoms with Gasteiger partial charge in [0, 0.05) is 18.9 Å². The minimum Gasteiger partial charge on any atom is -0.480 e. The predicted octanol–water partition coefficient (Wildman–Crippen LogP) is 1.56. The van der Waals surface area contributed by atoms with Crippen LogP contribution in [0.4, 0.5) is 5.82 Å². The molecule has 0 aromatic carbocycles. The molecule has 6 heteroatoms. The molecule has 1 aromatic rings. The quantitative estimate of drug-likeness (QED) is 0.783. The molecule has 1 heterocycles. The smallest absolute Gasteiger partial charge is 0.326 e. The number of hydrogen-bond acceptors (Lipinski definition) is 4. The van der Waals surface area contributed by atoms with Crippen LogP contribution in [0.5, 0.6) is 0 Å². The second-order valence-corrected chi connectivity index (χ2v) is 4.94. The molecule has 0 saturated carbocycles. The Morgan fingerprint density at radius 1 is 1.53 bits per heavy atom. The Bertz CT molecular complexity index is 482. The molecule has 6 nitrogen and oxygen atoms in total. The molecular formula is C13H21N3O3. The Morgan fingerprint density at radius 2 is 2.21 bits per heavy atom. The van der Waals surface area contributed by atoms with Crippen LogP contribution in [0.2, 0.25) is 0 Å². The average molecular weight is 267 g/mol. The molecule has 1 aromatic heterocycles. The van der Waals surface area contributed by atoms with E-state index in [9.17, 15) is 9.59 Å². The molecule has 1 atom stereocenters. The molecule has 0 radical (unpaired) electrons. The maximum absolute atomic E-state index is 12.0. The summed E-state index contributed by atoms with van der Waals surface area (Å²) in [4.78, 5) is 27.2. The monoisotopic (exact) mass is 267 g/mol. The van der Waals surface area contributed by atoms with Gasteiger partial charge >= 0.3 is 5.97 Å². The molecule has 0 aliphatic heterocycles. The fourth-order valence-electron chi connectivity index (χ4n) is 1.82. The summed E-state index contributed by atoms with van der Waals surface area (Å²) in [6.07, 6.45) is 4.39. The number of hydrogen-bond donors (Lipinski definition) is 2. The van der Waals surface area contributed by atoms with E-state index >= 15 is 0 Å². The third-order valence-electron chi connectivity index (χ3n) is 2.69. The fourth-order valence-corrected chi connectivity index (χ4v) is 1.82. The average Bonchev–Trinajstić information content (AvgIpc) is 2.32. The largest absolute Gasteiger partial charge is 0.480 e. The molecule has 0 spiro atoms. The lowest BCUT2D eigenvalue weighted by atomic mass is 10.0. The highest BCUT2D eigenvalue weighted by Crippen LogP contribution is 2.09. The first-order valence-electron chi connectivity index (χ1n) is 6.50. The van der Waals surface area contributed by atoms with E-state index in [1.807, 2.05) is 20.8 Å². The maximum atomic E-state index is 12.0. The van der Waals surface area contributed by atoms with Crippen molar-refractivity contribution >= 4 is 11.8 Å². The number of nitrogens with one attached hydrogen (secondary N) is 1. The fraction of sp³-hybridized carbons (Fsp3) is 0.615. The van der Waals surface area contributed by atoms with E-state index in [0.29, 0.717) is 13.0 Å². The zero-order valence-electron chi connectivity index (χ0n) is 11.6. The minimum absolute atomic E-state index is 0.101. The zero-order valence-corrected chi connectivity index (χ0v) is 11.6. The molecular weight excluding hydrogens is 246 g/mol. The van der Waals surface area contributed by atoms with Crippen molar-refractivity contribution in [2.45, 2.75) is 46.2 Å². The number of anilines is 1. The molecule has 0 fully saturated rings. The third-order valence-corrected chi connectivity index (χ3v) is 2.69. The summed E-state index contributed by atoms with van der Waals surface area (Å²) in [5, 5.41) is 11.9. The van der Waals surface area contributed by atoms with E-state index in [2.05, 4.69) is 10.3 Å². The predicted molar refractivity (Wildman–Crippen MR) is 73.3 cm³/mol. The van der Waals surface area contributed by atoms with E-state index in [1.165, 1.54) is 10.8 Å². The van der Waals surface area contributed by atoms with Crippen molar-refractivity contribution in [1.29, 1.82) is 0 Å². The highest BCUT2D eigenvalue weighted by molar-refractivity contribution is 5.76. The van der Waals surface area contributed by atoms with Crippen LogP contribution in [0.3, 0.4) is 0 Å². The first-order chi connectivity index (χ1) is 8.95. The standard InChI is InChI=1S/C13H21N3O3/c1-4-6-16-7-5-14-11(12(16)17)15-10(13(18)19)8-9(2)3/h5,7,9-10H,4,6,8H2,1-3H3,(H,14,15)(H,18,19). The van der Waals surface area contributed by atoms with E-state index in [4.69, 9.17) is 5.11 Å². The Hall–Kier alpha value is -1.85. The van der Waals surface area contributed by atoms with Gasteiger partial charge in [-0.15, -0.1) is 0 Å². The van der Waals surface area contributed by atoms with Gasteiger partial charge in [-0.05, 0) is 18.8 Å². The first kappa shape index (κ1) is 15.2. The van der Waals surface area contributed by atoms with Crippen molar-refractivity contribution in [2.24, 2.45) is 5.92 Å². The minimum atomic E-state index is -0.971. The number of carbonyl (C=O) groups is 1. The SMILES string of the molecule is CCCn1ccnc(NC(CC(C)C)C(=O)O)c1=O. The number of aryl methyl sites for hydroxylation is 1. The molecule has 0 saturated heterocycles. The molecule has 0 aliphatic rings. The Kier molecular flexibility index (Phi) is 5.54. The Morgan fingerprint density at radius 3 is 2.74 bits per heavy atom. The van der Waals surface area contributed by atoms with Gasteiger partial charge in [0.1, 0.15) is 6.04 Å². The molecule has 0 aliphatic carbocycles. The lowest BCUT2D eigenvalue weighted by molar-refractivity contribution is -0.138. The lowest BCUT2D eigenvalue weighted by Crippen LogP contribution is -2.35. The van der Waals surface area contributed by atoms with Gasteiger partial charge in [0.05, 0.1) is 0 Å². The molecule has 19 heavy (non-hydrogen) atoms. The molecule has 1 rings (SSSR count). The molecule has 1 unspecified atom stereocenters. The van der Waals surface area contributed by atoms with Gasteiger partial charge in [0.15, 0.2) is 5.82 Å². The summed E-state index contributed by atoms with van der Waals surface area (Å²) in [6.45, 7) is 6.44. The normalized spacial score (nSPS) is 12.4.